The van der Waals surface area contributed by atoms with Crippen molar-refractivity contribution < 1.29 is 13.6 Å². The summed E-state index contributed by atoms with van der Waals surface area (Å²) >= 11 is 0. The third kappa shape index (κ3) is 8.37. The lowest BCUT2D eigenvalue weighted by atomic mass is 9.69. The second-order valence-corrected chi connectivity index (χ2v) is 15.4. The molecule has 2 aromatic carbocycles. The second kappa shape index (κ2) is 16.8. The van der Waals surface area contributed by atoms with Gasteiger partial charge in [-0.3, -0.25) is 19.8 Å². The van der Waals surface area contributed by atoms with E-state index in [1.54, 1.807) is 19.7 Å². The van der Waals surface area contributed by atoms with Gasteiger partial charge in [-0.25, -0.2) is 9.97 Å². The first-order valence-electron chi connectivity index (χ1n) is 20.0. The fourth-order valence-corrected chi connectivity index (χ4v) is 8.28. The Labute approximate surface area is 332 Å². The van der Waals surface area contributed by atoms with Gasteiger partial charge in [-0.15, -0.1) is 0 Å². The van der Waals surface area contributed by atoms with Crippen molar-refractivity contribution in [1.82, 2.24) is 29.7 Å². The summed E-state index contributed by atoms with van der Waals surface area (Å²) in [5, 5.41) is 6.53. The molecule has 2 aliphatic rings. The summed E-state index contributed by atoms with van der Waals surface area (Å²) < 4.78 is 12.0. The molecule has 2 aliphatic heterocycles. The maximum absolute atomic E-state index is 10.6. The molecular formula is C46H45BN7O3. The summed E-state index contributed by atoms with van der Waals surface area (Å²) in [4.78, 5) is 33.0. The zero-order valence-electron chi connectivity index (χ0n) is 32.0. The van der Waals surface area contributed by atoms with Gasteiger partial charge in [0.15, 0.2) is 7.28 Å². The van der Waals surface area contributed by atoms with Crippen LogP contribution in [0.3, 0.4) is 0 Å². The molecule has 10 rings (SSSR count). The monoisotopic (exact) mass is 754 g/mol. The van der Waals surface area contributed by atoms with Crippen molar-refractivity contribution in [2.24, 2.45) is 11.7 Å². The zero-order chi connectivity index (χ0) is 38.6. The third-order valence-electron chi connectivity index (χ3n) is 11.5. The standard InChI is InChI=1S/C24H23BN3O2.C22H22N4O/c29-16-25-12-17-5-8-28(9-6-17)15-18-3-4-20-13-26-14-22(21(20)10-18)23-11-19-2-1-7-27-24(19)30-23;23-18-5-8-26(9-6-18)14-15-3-4-17-12-24-13-20(19(17)10-15)21-11-16-2-1-7-25-22(16)27-21/h1-4,7,10-11,13-14,16-17H,5-6,8-9,12,15H2;1-4,7,10-13,18H,5-6,8-9,14,23H2. The van der Waals surface area contributed by atoms with Crippen LogP contribution in [0.4, 0.5) is 0 Å². The van der Waals surface area contributed by atoms with Gasteiger partial charge in [0.25, 0.3) is 0 Å². The second-order valence-electron chi connectivity index (χ2n) is 15.4. The maximum atomic E-state index is 10.6. The van der Waals surface area contributed by atoms with Crippen LogP contribution in [0.1, 0.15) is 36.8 Å². The Bertz CT molecular complexity index is 2580. The van der Waals surface area contributed by atoms with Crippen molar-refractivity contribution in [3.8, 4) is 22.6 Å². The smallest absolute Gasteiger partial charge is 0.226 e. The Morgan fingerprint density at radius 1 is 0.649 bits per heavy atom. The van der Waals surface area contributed by atoms with Crippen molar-refractivity contribution >= 4 is 57.2 Å². The molecule has 0 bridgehead atoms. The van der Waals surface area contributed by atoms with Crippen LogP contribution in [0, 0.1) is 5.92 Å². The molecule has 8 aromatic rings. The van der Waals surface area contributed by atoms with E-state index in [2.05, 4.69) is 66.1 Å². The number of aromatic nitrogens is 4. The Kier molecular flexibility index (Phi) is 10.8. The minimum atomic E-state index is 0.359. The molecule has 0 atom stereocenters. The van der Waals surface area contributed by atoms with Crippen LogP contribution in [0.25, 0.3) is 66.4 Å². The van der Waals surface area contributed by atoms with Crippen LogP contribution in [0.15, 0.2) is 119 Å². The highest BCUT2D eigenvalue weighted by Crippen LogP contribution is 2.34. The topological polar surface area (TPSA) is 127 Å². The summed E-state index contributed by atoms with van der Waals surface area (Å²) in [7, 11) is 1.76. The first kappa shape index (κ1) is 36.9. The minimum Gasteiger partial charge on any atom is -0.438 e. The van der Waals surface area contributed by atoms with Gasteiger partial charge in [0, 0.05) is 89.0 Å². The molecule has 0 spiro atoms. The van der Waals surface area contributed by atoms with Gasteiger partial charge in [-0.2, -0.15) is 0 Å². The number of hydrogen-bond acceptors (Lipinski definition) is 10. The molecule has 11 heteroatoms. The molecule has 1 radical (unpaired) electrons. The number of rotatable bonds is 9. The molecular weight excluding hydrogens is 709 g/mol. The van der Waals surface area contributed by atoms with Gasteiger partial charge in [0.2, 0.25) is 11.4 Å². The summed E-state index contributed by atoms with van der Waals surface area (Å²) in [6.07, 6.45) is 17.4. The van der Waals surface area contributed by atoms with Crippen LogP contribution in [-0.4, -0.2) is 75.4 Å². The maximum Gasteiger partial charge on any atom is 0.226 e. The highest BCUT2D eigenvalue weighted by Gasteiger charge is 2.20. The van der Waals surface area contributed by atoms with Crippen LogP contribution < -0.4 is 5.73 Å². The quantitative estimate of drug-likeness (QED) is 0.113. The first-order chi connectivity index (χ1) is 28.1. The Morgan fingerprint density at radius 3 is 1.65 bits per heavy atom. The zero-order valence-corrected chi connectivity index (χ0v) is 32.0. The number of carbonyl (C=O) groups is 1. The normalized spacial score (nSPS) is 15.9. The molecule has 57 heavy (non-hydrogen) atoms. The Hall–Kier alpha value is -5.75. The van der Waals surface area contributed by atoms with Gasteiger partial charge >= 0.3 is 0 Å². The van der Waals surface area contributed by atoms with Crippen LogP contribution in [0.2, 0.25) is 6.32 Å². The van der Waals surface area contributed by atoms with Gasteiger partial charge in [-0.05, 0) is 128 Å². The van der Waals surface area contributed by atoms with Crippen LogP contribution in [0.5, 0.6) is 0 Å². The Morgan fingerprint density at radius 2 is 1.16 bits per heavy atom. The lowest BCUT2D eigenvalue weighted by Gasteiger charge is -2.31. The van der Waals surface area contributed by atoms with Crippen molar-refractivity contribution in [2.45, 2.75) is 51.1 Å². The fraction of sp³-hybridized carbons (Fsp3) is 0.283. The lowest BCUT2D eigenvalue weighted by molar-refractivity contribution is 0.185. The van der Waals surface area contributed by atoms with E-state index in [0.717, 1.165) is 132 Å². The Balaban J connectivity index is 0.000000149. The van der Waals surface area contributed by atoms with E-state index in [1.165, 1.54) is 11.1 Å². The molecule has 0 unspecified atom stereocenters. The van der Waals surface area contributed by atoms with E-state index < -0.39 is 0 Å². The highest BCUT2D eigenvalue weighted by molar-refractivity contribution is 6.66. The van der Waals surface area contributed by atoms with E-state index in [-0.39, 0.29) is 0 Å². The number of fused-ring (bicyclic) bond motifs is 4. The highest BCUT2D eigenvalue weighted by atomic mass is 16.3. The number of pyridine rings is 4. The molecule has 8 heterocycles. The number of carbonyl (C=O) groups excluding carboxylic acids is 1. The van der Waals surface area contributed by atoms with Crippen LogP contribution >= 0.6 is 0 Å². The molecule has 6 aromatic heterocycles. The molecule has 2 saturated heterocycles. The summed E-state index contributed by atoms with van der Waals surface area (Å²) in [5.74, 6) is 2.25. The number of likely N-dealkylation sites (tertiary alicyclic amines) is 2. The SMILES string of the molecule is NC1CCN(Cc2ccc3cncc(-c4cc5cccnc5o4)c3c2)CC1.O=C[B]CC1CCN(Cc2ccc3cncc(-c4cc5cccnc5o4)c3c2)CC1. The van der Waals surface area contributed by atoms with E-state index in [9.17, 15) is 4.79 Å². The van der Waals surface area contributed by atoms with E-state index >= 15 is 0 Å². The number of benzene rings is 2. The molecule has 10 nitrogen and oxygen atoms in total. The van der Waals surface area contributed by atoms with Crippen molar-refractivity contribution in [3.63, 3.8) is 0 Å². The number of furan rings is 2. The van der Waals surface area contributed by atoms with E-state index in [1.807, 2.05) is 61.2 Å². The molecule has 285 valence electrons. The van der Waals surface area contributed by atoms with Crippen molar-refractivity contribution in [1.29, 1.82) is 0 Å². The fourth-order valence-electron chi connectivity index (χ4n) is 8.28. The molecule has 2 N–H and O–H groups in total. The van der Waals surface area contributed by atoms with Crippen molar-refractivity contribution in [2.75, 3.05) is 26.2 Å². The van der Waals surface area contributed by atoms with Gasteiger partial charge in [0.05, 0.1) is 6.19 Å². The van der Waals surface area contributed by atoms with Crippen LogP contribution in [-0.2, 0) is 17.9 Å². The van der Waals surface area contributed by atoms with E-state index in [0.29, 0.717) is 23.4 Å². The summed E-state index contributed by atoms with van der Waals surface area (Å²) in [6.45, 7) is 6.17. The molecule has 0 aliphatic carbocycles. The molecule has 0 amide bonds. The number of nitrogens with two attached hydrogens (primary N) is 1. The minimum absolute atomic E-state index is 0.359. The number of nitrogens with zero attached hydrogens (tertiary/aromatic N) is 6. The molecule has 2 fully saturated rings. The third-order valence-corrected chi connectivity index (χ3v) is 11.5. The average Bonchev–Trinajstić information content (AvgIpc) is 3.89. The predicted octanol–water partition coefficient (Wildman–Crippen LogP) is 8.53. The van der Waals surface area contributed by atoms with Gasteiger partial charge < -0.3 is 19.4 Å². The van der Waals surface area contributed by atoms with Gasteiger partial charge in [0.1, 0.15) is 11.5 Å². The van der Waals surface area contributed by atoms with Gasteiger partial charge in [-0.1, -0.05) is 30.6 Å². The summed E-state index contributed by atoms with van der Waals surface area (Å²) in [5.41, 5.74) is 11.9. The lowest BCUT2D eigenvalue weighted by Crippen LogP contribution is -2.39. The van der Waals surface area contributed by atoms with E-state index in [4.69, 9.17) is 14.6 Å². The largest absolute Gasteiger partial charge is 0.438 e. The predicted molar refractivity (Wildman–Crippen MR) is 227 cm³/mol. The number of hydrogen-bond donors (Lipinski definition) is 1. The average molecular weight is 755 g/mol. The molecule has 0 saturated carbocycles. The summed E-state index contributed by atoms with van der Waals surface area (Å²) in [6, 6.07) is 25.5. The number of piperidine rings is 2. The first-order valence-corrected chi connectivity index (χ1v) is 20.0. The van der Waals surface area contributed by atoms with Crippen molar-refractivity contribution in [3.05, 3.63) is 121 Å².